The van der Waals surface area contributed by atoms with E-state index in [4.69, 9.17) is 26.8 Å². The quantitative estimate of drug-likeness (QED) is 0.626. The van der Waals surface area contributed by atoms with Crippen LogP contribution in [0.5, 0.6) is 0 Å². The molecule has 6 nitrogen and oxygen atoms in total. The average Bonchev–Trinajstić information content (AvgIpc) is 2.77. The Bertz CT molecular complexity index is 567. The largest absolute Gasteiger partial charge is 0.347 e. The zero-order valence-corrected chi connectivity index (χ0v) is 12.4. The summed E-state index contributed by atoms with van der Waals surface area (Å²) >= 11 is 5.87. The minimum absolute atomic E-state index is 0.213. The molecule has 0 atom stereocenters. The summed E-state index contributed by atoms with van der Waals surface area (Å²) in [4.78, 5) is 8.27. The number of halogens is 1. The Morgan fingerprint density at radius 1 is 1.35 bits per heavy atom. The van der Waals surface area contributed by atoms with Crippen molar-refractivity contribution in [1.82, 2.24) is 14.5 Å². The Morgan fingerprint density at radius 2 is 2.05 bits per heavy atom. The van der Waals surface area contributed by atoms with Crippen LogP contribution in [-0.2, 0) is 16.0 Å². The van der Waals surface area contributed by atoms with Crippen molar-refractivity contribution in [2.24, 2.45) is 5.73 Å². The molecule has 2 heterocycles. The Hall–Kier alpha value is -1.21. The lowest BCUT2D eigenvalue weighted by atomic mass is 10.3. The van der Waals surface area contributed by atoms with E-state index in [0.29, 0.717) is 26.3 Å². The van der Waals surface area contributed by atoms with Gasteiger partial charge in [0, 0.05) is 37.9 Å². The van der Waals surface area contributed by atoms with Crippen molar-refractivity contribution in [2.45, 2.75) is 26.7 Å². The van der Waals surface area contributed by atoms with Gasteiger partial charge in [-0.2, -0.15) is 4.98 Å². The van der Waals surface area contributed by atoms with E-state index in [1.807, 2.05) is 24.5 Å². The molecule has 0 bridgehead atoms. The first kappa shape index (κ1) is 15.2. The zero-order valence-electron chi connectivity index (χ0n) is 11.7. The molecule has 0 saturated heterocycles. The maximum atomic E-state index is 5.87. The molecule has 0 aliphatic rings. The Balaban J connectivity index is 2.51. The molecule has 0 radical (unpaired) electrons. The molecule has 0 aliphatic heterocycles. The van der Waals surface area contributed by atoms with Crippen LogP contribution in [0.25, 0.3) is 11.0 Å². The highest BCUT2D eigenvalue weighted by molar-refractivity contribution is 6.28. The van der Waals surface area contributed by atoms with E-state index in [1.165, 1.54) is 0 Å². The van der Waals surface area contributed by atoms with Gasteiger partial charge in [0.25, 0.3) is 0 Å². The fourth-order valence-corrected chi connectivity index (χ4v) is 2.25. The van der Waals surface area contributed by atoms with Gasteiger partial charge in [-0.3, -0.25) is 0 Å². The first-order valence-corrected chi connectivity index (χ1v) is 7.04. The van der Waals surface area contributed by atoms with Crippen molar-refractivity contribution in [3.63, 3.8) is 0 Å². The van der Waals surface area contributed by atoms with E-state index < -0.39 is 6.29 Å². The van der Waals surface area contributed by atoms with Gasteiger partial charge in [0.05, 0.1) is 5.69 Å². The smallest absolute Gasteiger partial charge is 0.224 e. The third-order valence-electron chi connectivity index (χ3n) is 2.87. The summed E-state index contributed by atoms with van der Waals surface area (Å²) in [5.74, 6) is 0. The lowest BCUT2D eigenvalue weighted by molar-refractivity contribution is -0.144. The monoisotopic (exact) mass is 298 g/mol. The van der Waals surface area contributed by atoms with E-state index in [-0.39, 0.29) is 5.28 Å². The van der Waals surface area contributed by atoms with Crippen LogP contribution in [0.15, 0.2) is 12.3 Å². The van der Waals surface area contributed by atoms with Crippen molar-refractivity contribution >= 4 is 22.6 Å². The molecule has 0 amide bonds. The summed E-state index contributed by atoms with van der Waals surface area (Å²) in [6, 6.07) is 1.96. The van der Waals surface area contributed by atoms with Crippen molar-refractivity contribution in [3.8, 4) is 0 Å². The zero-order chi connectivity index (χ0) is 14.5. The highest BCUT2D eigenvalue weighted by Crippen LogP contribution is 2.26. The summed E-state index contributed by atoms with van der Waals surface area (Å²) in [6.45, 7) is 6.08. The van der Waals surface area contributed by atoms with Crippen molar-refractivity contribution in [2.75, 3.05) is 19.8 Å². The number of hydrogen-bond donors (Lipinski definition) is 1. The number of aromatic nitrogens is 3. The Labute approximate surface area is 122 Å². The van der Waals surface area contributed by atoms with Gasteiger partial charge in [0.2, 0.25) is 5.28 Å². The SMILES string of the molecule is CCOC(OCC)c1cc2cnc(Cl)nc2n1CCN. The van der Waals surface area contributed by atoms with Gasteiger partial charge in [-0.25, -0.2) is 4.98 Å². The minimum atomic E-state index is -0.440. The fourth-order valence-electron chi connectivity index (χ4n) is 2.12. The van der Waals surface area contributed by atoms with Crippen LogP contribution in [0, 0.1) is 0 Å². The average molecular weight is 299 g/mol. The van der Waals surface area contributed by atoms with Gasteiger partial charge in [-0.1, -0.05) is 0 Å². The van der Waals surface area contributed by atoms with Gasteiger partial charge in [0.1, 0.15) is 5.65 Å². The normalized spacial score (nSPS) is 11.7. The number of nitrogens with zero attached hydrogens (tertiary/aromatic N) is 3. The molecule has 2 N–H and O–H groups in total. The predicted molar refractivity (Wildman–Crippen MR) is 77.6 cm³/mol. The molecule has 110 valence electrons. The molecule has 0 saturated carbocycles. The lowest BCUT2D eigenvalue weighted by Crippen LogP contribution is -2.18. The lowest BCUT2D eigenvalue weighted by Gasteiger charge is -2.19. The second-order valence-corrected chi connectivity index (χ2v) is 4.51. The van der Waals surface area contributed by atoms with E-state index in [0.717, 1.165) is 16.7 Å². The summed E-state index contributed by atoms with van der Waals surface area (Å²) in [6.07, 6.45) is 1.25. The van der Waals surface area contributed by atoms with E-state index in [1.54, 1.807) is 6.20 Å². The first-order valence-electron chi connectivity index (χ1n) is 6.66. The minimum Gasteiger partial charge on any atom is -0.347 e. The Kier molecular flexibility index (Phi) is 5.31. The van der Waals surface area contributed by atoms with Crippen LogP contribution in [0.3, 0.4) is 0 Å². The van der Waals surface area contributed by atoms with Gasteiger partial charge in [-0.05, 0) is 31.5 Å². The molecule has 0 fully saturated rings. The highest BCUT2D eigenvalue weighted by atomic mass is 35.5. The van der Waals surface area contributed by atoms with Crippen molar-refractivity contribution in [3.05, 3.63) is 23.2 Å². The van der Waals surface area contributed by atoms with Crippen molar-refractivity contribution < 1.29 is 9.47 Å². The molecule has 2 aromatic heterocycles. The highest BCUT2D eigenvalue weighted by Gasteiger charge is 2.20. The summed E-state index contributed by atoms with van der Waals surface area (Å²) < 4.78 is 13.3. The number of fused-ring (bicyclic) bond motifs is 1. The number of hydrogen-bond acceptors (Lipinski definition) is 5. The summed E-state index contributed by atoms with van der Waals surface area (Å²) in [7, 11) is 0. The van der Waals surface area contributed by atoms with E-state index in [9.17, 15) is 0 Å². The number of nitrogens with two attached hydrogens (primary N) is 1. The maximum Gasteiger partial charge on any atom is 0.224 e. The van der Waals surface area contributed by atoms with Crippen LogP contribution in [0.1, 0.15) is 25.8 Å². The van der Waals surface area contributed by atoms with Gasteiger partial charge >= 0.3 is 0 Å². The Morgan fingerprint density at radius 3 is 2.65 bits per heavy atom. The van der Waals surface area contributed by atoms with E-state index >= 15 is 0 Å². The molecule has 2 rings (SSSR count). The molecular formula is C13H19ClN4O2. The van der Waals surface area contributed by atoms with Crippen LogP contribution in [-0.4, -0.2) is 34.3 Å². The molecule has 0 aliphatic carbocycles. The molecule has 20 heavy (non-hydrogen) atoms. The summed E-state index contributed by atoms with van der Waals surface area (Å²) in [5.41, 5.74) is 7.31. The standard InChI is InChI=1S/C13H19ClN4O2/c1-3-19-12(20-4-2)10-7-9-8-16-13(14)17-11(9)18(10)6-5-15/h7-8,12H,3-6,15H2,1-2H3. The molecule has 7 heteroatoms. The first-order chi connectivity index (χ1) is 9.71. The van der Waals surface area contributed by atoms with Crippen molar-refractivity contribution in [1.29, 1.82) is 0 Å². The molecular weight excluding hydrogens is 280 g/mol. The number of rotatable bonds is 7. The number of ether oxygens (including phenoxy) is 2. The third kappa shape index (κ3) is 3.09. The van der Waals surface area contributed by atoms with Gasteiger partial charge in [0.15, 0.2) is 6.29 Å². The molecule has 2 aromatic rings. The van der Waals surface area contributed by atoms with Crippen LogP contribution >= 0.6 is 11.6 Å². The second-order valence-electron chi connectivity index (χ2n) is 4.17. The van der Waals surface area contributed by atoms with Crippen LogP contribution < -0.4 is 5.73 Å². The second kappa shape index (κ2) is 6.99. The topological polar surface area (TPSA) is 75.2 Å². The predicted octanol–water partition coefficient (Wildman–Crippen LogP) is 2.12. The van der Waals surface area contributed by atoms with Gasteiger partial charge < -0.3 is 19.8 Å². The van der Waals surface area contributed by atoms with Crippen LogP contribution in [0.2, 0.25) is 5.28 Å². The van der Waals surface area contributed by atoms with Gasteiger partial charge in [-0.15, -0.1) is 0 Å². The van der Waals surface area contributed by atoms with E-state index in [2.05, 4.69) is 9.97 Å². The molecule has 0 unspecified atom stereocenters. The molecule has 0 aromatic carbocycles. The molecule has 0 spiro atoms. The third-order valence-corrected chi connectivity index (χ3v) is 3.05. The van der Waals surface area contributed by atoms with Crippen LogP contribution in [0.4, 0.5) is 0 Å². The fraction of sp³-hybridized carbons (Fsp3) is 0.538. The maximum absolute atomic E-state index is 5.87. The summed E-state index contributed by atoms with van der Waals surface area (Å²) in [5, 5.41) is 1.10.